The van der Waals surface area contributed by atoms with Gasteiger partial charge in [0.25, 0.3) is 0 Å². The Hall–Kier alpha value is -2.90. The molecule has 1 heterocycles. The minimum atomic E-state index is -0.545. The van der Waals surface area contributed by atoms with Crippen molar-refractivity contribution < 1.29 is 14.4 Å². The highest BCUT2D eigenvalue weighted by molar-refractivity contribution is 5.61. The lowest BCUT2D eigenvalue weighted by atomic mass is 10.1. The number of hydrogen-bond acceptors (Lipinski definition) is 7. The van der Waals surface area contributed by atoms with Crippen molar-refractivity contribution in [2.75, 3.05) is 19.0 Å². The van der Waals surface area contributed by atoms with Crippen LogP contribution in [0.4, 0.5) is 11.5 Å². The topological polar surface area (TPSA) is 99.4 Å². The maximum atomic E-state index is 11.4. The smallest absolute Gasteiger partial charge is 0.373 e. The summed E-state index contributed by atoms with van der Waals surface area (Å²) in [5.41, 5.74) is -0.280. The van der Waals surface area contributed by atoms with Gasteiger partial charge in [-0.25, -0.2) is 4.98 Å². The van der Waals surface area contributed by atoms with Gasteiger partial charge in [0.2, 0.25) is 5.82 Å². The van der Waals surface area contributed by atoms with Crippen LogP contribution in [0, 0.1) is 16.0 Å². The first-order valence-corrected chi connectivity index (χ1v) is 7.56. The van der Waals surface area contributed by atoms with Gasteiger partial charge < -0.3 is 14.8 Å². The Balaban J connectivity index is 2.23. The highest BCUT2D eigenvalue weighted by Crippen LogP contribution is 2.34. The highest BCUT2D eigenvalue weighted by atomic mass is 16.6. The fourth-order valence-corrected chi connectivity index (χ4v) is 1.97. The number of aromatic nitrogens is 2. The lowest BCUT2D eigenvalue weighted by Crippen LogP contribution is -2.09. The summed E-state index contributed by atoms with van der Waals surface area (Å²) in [6.45, 7) is 4.74. The van der Waals surface area contributed by atoms with E-state index < -0.39 is 4.92 Å². The molecule has 1 N–H and O–H groups in total. The summed E-state index contributed by atoms with van der Waals surface area (Å²) in [5, 5.41) is 14.4. The van der Waals surface area contributed by atoms with E-state index in [1.807, 2.05) is 0 Å². The molecular weight excluding hydrogens is 312 g/mol. The Bertz CT molecular complexity index is 689. The van der Waals surface area contributed by atoms with Crippen LogP contribution >= 0.6 is 0 Å². The van der Waals surface area contributed by atoms with Crippen molar-refractivity contribution in [2.24, 2.45) is 5.92 Å². The van der Waals surface area contributed by atoms with Crippen LogP contribution in [0.25, 0.3) is 0 Å². The van der Waals surface area contributed by atoms with Crippen LogP contribution in [-0.4, -0.2) is 28.5 Å². The first kappa shape index (κ1) is 17.5. The van der Waals surface area contributed by atoms with E-state index in [2.05, 4.69) is 29.1 Å². The van der Waals surface area contributed by atoms with Crippen molar-refractivity contribution in [3.63, 3.8) is 0 Å². The van der Waals surface area contributed by atoms with E-state index >= 15 is 0 Å². The van der Waals surface area contributed by atoms with Gasteiger partial charge in [0.1, 0.15) is 17.8 Å². The summed E-state index contributed by atoms with van der Waals surface area (Å²) in [4.78, 5) is 18.7. The summed E-state index contributed by atoms with van der Waals surface area (Å²) in [7, 11) is 1.56. The van der Waals surface area contributed by atoms with E-state index in [0.29, 0.717) is 24.0 Å². The lowest BCUT2D eigenvalue weighted by molar-refractivity contribution is -0.385. The number of methoxy groups -OCH3 is 1. The van der Waals surface area contributed by atoms with Crippen LogP contribution < -0.4 is 14.8 Å². The van der Waals surface area contributed by atoms with Crippen molar-refractivity contribution >= 4 is 11.5 Å². The Labute approximate surface area is 140 Å². The number of rotatable bonds is 8. The van der Waals surface area contributed by atoms with Gasteiger partial charge in [0.15, 0.2) is 0 Å². The zero-order valence-electron chi connectivity index (χ0n) is 13.9. The molecule has 0 atom stereocenters. The molecule has 0 saturated carbocycles. The van der Waals surface area contributed by atoms with Crippen LogP contribution in [0.1, 0.15) is 20.3 Å². The Kier molecular flexibility index (Phi) is 5.89. The molecule has 0 aliphatic heterocycles. The average molecular weight is 332 g/mol. The second-order valence-corrected chi connectivity index (χ2v) is 5.52. The first-order chi connectivity index (χ1) is 11.5. The average Bonchev–Trinajstić information content (AvgIpc) is 2.55. The van der Waals surface area contributed by atoms with E-state index in [4.69, 9.17) is 9.47 Å². The molecule has 0 bridgehead atoms. The summed E-state index contributed by atoms with van der Waals surface area (Å²) in [6, 6.07) is 6.70. The normalized spacial score (nSPS) is 10.5. The zero-order chi connectivity index (χ0) is 17.5. The SMILES string of the molecule is COc1ccc(Oc2ncnc(NCCC(C)C)c2[N+](=O)[O-])cc1. The molecule has 24 heavy (non-hydrogen) atoms. The number of nitro groups is 1. The van der Waals surface area contributed by atoms with Gasteiger partial charge in [-0.05, 0) is 36.6 Å². The molecule has 128 valence electrons. The van der Waals surface area contributed by atoms with E-state index in [-0.39, 0.29) is 17.4 Å². The number of anilines is 1. The summed E-state index contributed by atoms with van der Waals surface area (Å²) >= 11 is 0. The number of benzene rings is 1. The molecule has 0 aliphatic carbocycles. The molecule has 8 heteroatoms. The molecular formula is C16H20N4O4. The fourth-order valence-electron chi connectivity index (χ4n) is 1.97. The van der Waals surface area contributed by atoms with E-state index in [0.717, 1.165) is 6.42 Å². The molecule has 0 saturated heterocycles. The second-order valence-electron chi connectivity index (χ2n) is 5.52. The van der Waals surface area contributed by atoms with Crippen LogP contribution in [0.5, 0.6) is 17.4 Å². The molecule has 2 aromatic rings. The lowest BCUT2D eigenvalue weighted by Gasteiger charge is -2.10. The zero-order valence-corrected chi connectivity index (χ0v) is 13.9. The van der Waals surface area contributed by atoms with Crippen molar-refractivity contribution in [1.29, 1.82) is 0 Å². The second kappa shape index (κ2) is 8.09. The predicted octanol–water partition coefficient (Wildman–Crippen LogP) is 3.64. The van der Waals surface area contributed by atoms with Gasteiger partial charge in [-0.1, -0.05) is 13.8 Å². The minimum absolute atomic E-state index is 0.104. The van der Waals surface area contributed by atoms with Crippen LogP contribution in [0.3, 0.4) is 0 Å². The number of ether oxygens (including phenoxy) is 2. The van der Waals surface area contributed by atoms with Crippen LogP contribution in [0.2, 0.25) is 0 Å². The molecule has 2 rings (SSSR count). The number of hydrogen-bond donors (Lipinski definition) is 1. The molecule has 0 amide bonds. The van der Waals surface area contributed by atoms with Crippen molar-refractivity contribution in [2.45, 2.75) is 20.3 Å². The Morgan fingerprint density at radius 2 is 1.88 bits per heavy atom. The molecule has 8 nitrogen and oxygen atoms in total. The molecule has 1 aromatic heterocycles. The number of nitrogens with zero attached hydrogens (tertiary/aromatic N) is 3. The fraction of sp³-hybridized carbons (Fsp3) is 0.375. The molecule has 1 aromatic carbocycles. The largest absolute Gasteiger partial charge is 0.497 e. The molecule has 0 radical (unpaired) electrons. The minimum Gasteiger partial charge on any atom is -0.497 e. The standard InChI is InChI=1S/C16H20N4O4/c1-11(2)8-9-17-15-14(20(21)22)16(19-10-18-15)24-13-6-4-12(23-3)5-7-13/h4-7,10-11H,8-9H2,1-3H3,(H,17,18,19). The maximum absolute atomic E-state index is 11.4. The third kappa shape index (κ3) is 4.55. The molecule has 0 unspecified atom stereocenters. The summed E-state index contributed by atoms with van der Waals surface area (Å²) in [5.74, 6) is 1.61. The quantitative estimate of drug-likeness (QED) is 0.582. The monoisotopic (exact) mass is 332 g/mol. The molecule has 0 spiro atoms. The van der Waals surface area contributed by atoms with Gasteiger partial charge >= 0.3 is 11.6 Å². The van der Waals surface area contributed by atoms with Gasteiger partial charge in [-0.15, -0.1) is 0 Å². The Morgan fingerprint density at radius 3 is 2.46 bits per heavy atom. The summed E-state index contributed by atoms with van der Waals surface area (Å²) in [6.07, 6.45) is 2.11. The third-order valence-corrected chi connectivity index (χ3v) is 3.26. The van der Waals surface area contributed by atoms with Gasteiger partial charge in [-0.2, -0.15) is 4.98 Å². The van der Waals surface area contributed by atoms with Crippen molar-refractivity contribution in [3.05, 3.63) is 40.7 Å². The van der Waals surface area contributed by atoms with E-state index in [9.17, 15) is 10.1 Å². The van der Waals surface area contributed by atoms with Crippen LogP contribution in [-0.2, 0) is 0 Å². The van der Waals surface area contributed by atoms with E-state index in [1.54, 1.807) is 31.4 Å². The maximum Gasteiger partial charge on any atom is 0.373 e. The molecule has 0 fully saturated rings. The Morgan fingerprint density at radius 1 is 1.21 bits per heavy atom. The van der Waals surface area contributed by atoms with E-state index in [1.165, 1.54) is 6.33 Å². The van der Waals surface area contributed by atoms with Gasteiger partial charge in [0.05, 0.1) is 12.0 Å². The highest BCUT2D eigenvalue weighted by Gasteiger charge is 2.24. The molecule has 0 aliphatic rings. The van der Waals surface area contributed by atoms with Crippen molar-refractivity contribution in [3.8, 4) is 17.4 Å². The first-order valence-electron chi connectivity index (χ1n) is 7.56. The van der Waals surface area contributed by atoms with Gasteiger partial charge in [-0.3, -0.25) is 10.1 Å². The van der Waals surface area contributed by atoms with Crippen LogP contribution in [0.15, 0.2) is 30.6 Å². The summed E-state index contributed by atoms with van der Waals surface area (Å²) < 4.78 is 10.6. The third-order valence-electron chi connectivity index (χ3n) is 3.26. The predicted molar refractivity (Wildman–Crippen MR) is 89.7 cm³/mol. The van der Waals surface area contributed by atoms with Gasteiger partial charge in [0, 0.05) is 6.54 Å². The van der Waals surface area contributed by atoms with Crippen molar-refractivity contribution in [1.82, 2.24) is 9.97 Å². The number of nitrogens with one attached hydrogen (secondary N) is 1.